The van der Waals surface area contributed by atoms with E-state index in [4.69, 9.17) is 0 Å². The Balaban J connectivity index is 1.36. The number of rotatable bonds is 4. The minimum atomic E-state index is -0.0460. The largest absolute Gasteiger partial charge is 0.340 e. The number of aryl methyl sites for hydroxylation is 1. The van der Waals surface area contributed by atoms with Crippen molar-refractivity contribution in [2.24, 2.45) is 5.92 Å². The van der Waals surface area contributed by atoms with Gasteiger partial charge in [-0.15, -0.1) is 0 Å². The zero-order chi connectivity index (χ0) is 20.9. The van der Waals surface area contributed by atoms with Crippen LogP contribution in [0.1, 0.15) is 31.2 Å². The number of anilines is 1. The second-order valence-corrected chi connectivity index (χ2v) is 9.97. The van der Waals surface area contributed by atoms with Gasteiger partial charge in [-0.25, -0.2) is 4.79 Å². The third-order valence-electron chi connectivity index (χ3n) is 6.72. The van der Waals surface area contributed by atoms with E-state index in [0.29, 0.717) is 24.9 Å². The van der Waals surface area contributed by atoms with Gasteiger partial charge in [0.1, 0.15) is 0 Å². The summed E-state index contributed by atoms with van der Waals surface area (Å²) in [6.45, 7) is 6.69. The van der Waals surface area contributed by atoms with Gasteiger partial charge in [-0.1, -0.05) is 30.5 Å². The lowest BCUT2D eigenvalue weighted by Gasteiger charge is -2.43. The van der Waals surface area contributed by atoms with Crippen molar-refractivity contribution in [3.63, 3.8) is 0 Å². The van der Waals surface area contributed by atoms with Crippen LogP contribution in [0.2, 0.25) is 0 Å². The van der Waals surface area contributed by atoms with Crippen molar-refractivity contribution in [3.05, 3.63) is 29.8 Å². The second-order valence-electron chi connectivity index (χ2n) is 8.75. The van der Waals surface area contributed by atoms with Gasteiger partial charge in [0.2, 0.25) is 5.91 Å². The molecule has 2 saturated heterocycles. The van der Waals surface area contributed by atoms with Crippen molar-refractivity contribution in [2.75, 3.05) is 56.1 Å². The van der Waals surface area contributed by atoms with Gasteiger partial charge in [0.05, 0.1) is 6.04 Å². The van der Waals surface area contributed by atoms with Crippen LogP contribution in [0.4, 0.5) is 10.5 Å². The maximum absolute atomic E-state index is 13.5. The fourth-order valence-corrected chi connectivity index (χ4v) is 5.85. The Labute approximate surface area is 184 Å². The molecule has 1 saturated carbocycles. The number of nitrogens with zero attached hydrogens (tertiary/aromatic N) is 3. The number of hydrogen-bond acceptors (Lipinski definition) is 4. The predicted octanol–water partition coefficient (Wildman–Crippen LogP) is 3.28. The summed E-state index contributed by atoms with van der Waals surface area (Å²) in [5.74, 6) is 2.91. The quantitative estimate of drug-likeness (QED) is 0.797. The fourth-order valence-electron chi connectivity index (χ4n) is 4.94. The Morgan fingerprint density at radius 3 is 2.20 bits per heavy atom. The van der Waals surface area contributed by atoms with Gasteiger partial charge in [-0.2, -0.15) is 11.8 Å². The lowest BCUT2D eigenvalue weighted by atomic mass is 9.94. The summed E-state index contributed by atoms with van der Waals surface area (Å²) in [6, 6.07) is 7.84. The zero-order valence-corrected chi connectivity index (χ0v) is 18.8. The fraction of sp³-hybridized carbons (Fsp3) is 0.652. The van der Waals surface area contributed by atoms with Gasteiger partial charge in [-0.3, -0.25) is 9.69 Å². The van der Waals surface area contributed by atoms with E-state index in [9.17, 15) is 9.59 Å². The Bertz CT molecular complexity index is 721. The van der Waals surface area contributed by atoms with E-state index in [1.54, 1.807) is 0 Å². The van der Waals surface area contributed by atoms with E-state index in [0.717, 1.165) is 56.2 Å². The summed E-state index contributed by atoms with van der Waals surface area (Å²) >= 11 is 1.94. The molecule has 30 heavy (non-hydrogen) atoms. The molecular formula is C23H34N4O2S. The number of urea groups is 1. The van der Waals surface area contributed by atoms with Gasteiger partial charge < -0.3 is 15.1 Å². The topological polar surface area (TPSA) is 55.9 Å². The number of piperazine rings is 1. The monoisotopic (exact) mass is 430 g/mol. The number of carbonyl (C=O) groups is 2. The van der Waals surface area contributed by atoms with Crippen LogP contribution in [0.5, 0.6) is 0 Å². The highest BCUT2D eigenvalue weighted by atomic mass is 32.2. The minimum absolute atomic E-state index is 0.00194. The molecule has 6 nitrogen and oxygen atoms in total. The van der Waals surface area contributed by atoms with Crippen LogP contribution in [-0.4, -0.2) is 83.5 Å². The normalized spacial score (nSPS) is 22.2. The van der Waals surface area contributed by atoms with Crippen LogP contribution in [0.15, 0.2) is 24.3 Å². The van der Waals surface area contributed by atoms with Gasteiger partial charge in [0, 0.05) is 56.5 Å². The van der Waals surface area contributed by atoms with Crippen molar-refractivity contribution in [3.8, 4) is 0 Å². The molecule has 0 aromatic heterocycles. The van der Waals surface area contributed by atoms with Crippen molar-refractivity contribution in [1.29, 1.82) is 0 Å². The molecular weight excluding hydrogens is 396 g/mol. The van der Waals surface area contributed by atoms with Crippen LogP contribution in [0.25, 0.3) is 0 Å². The summed E-state index contributed by atoms with van der Waals surface area (Å²) in [6.07, 6.45) is 4.80. The summed E-state index contributed by atoms with van der Waals surface area (Å²) in [4.78, 5) is 32.5. The van der Waals surface area contributed by atoms with Crippen molar-refractivity contribution < 1.29 is 9.59 Å². The lowest BCUT2D eigenvalue weighted by Crippen LogP contribution is -2.59. The zero-order valence-electron chi connectivity index (χ0n) is 18.0. The van der Waals surface area contributed by atoms with E-state index in [-0.39, 0.29) is 12.1 Å². The Hall–Kier alpha value is -1.73. The smallest absolute Gasteiger partial charge is 0.321 e. The first-order valence-corrected chi connectivity index (χ1v) is 12.5. The molecule has 0 bridgehead atoms. The van der Waals surface area contributed by atoms with Gasteiger partial charge in [-0.05, 0) is 37.8 Å². The highest BCUT2D eigenvalue weighted by molar-refractivity contribution is 7.99. The van der Waals surface area contributed by atoms with Crippen LogP contribution in [0, 0.1) is 12.8 Å². The molecule has 1 N–H and O–H groups in total. The van der Waals surface area contributed by atoms with Gasteiger partial charge >= 0.3 is 6.03 Å². The Morgan fingerprint density at radius 1 is 0.933 bits per heavy atom. The third kappa shape index (κ3) is 5.11. The number of thioether (sulfide) groups is 1. The summed E-state index contributed by atoms with van der Waals surface area (Å²) < 4.78 is 0. The highest BCUT2D eigenvalue weighted by Crippen LogP contribution is 2.32. The summed E-state index contributed by atoms with van der Waals surface area (Å²) in [5, 5.41) is 3.00. The number of hydrogen-bond donors (Lipinski definition) is 1. The van der Waals surface area contributed by atoms with E-state index in [2.05, 4.69) is 15.1 Å². The Kier molecular flexibility index (Phi) is 7.20. The number of carbonyl (C=O) groups excluding carboxylic acids is 2. The maximum atomic E-state index is 13.5. The molecule has 1 aromatic carbocycles. The van der Waals surface area contributed by atoms with Crippen LogP contribution < -0.4 is 5.32 Å². The SMILES string of the molecule is Cc1ccc(NC(=O)N2CCN([C@H](C(=O)N3CCSCC3)C3CCCC3)CC2)cc1. The summed E-state index contributed by atoms with van der Waals surface area (Å²) in [5.41, 5.74) is 2.01. The molecule has 164 valence electrons. The molecule has 0 unspecified atom stereocenters. The first-order chi connectivity index (χ1) is 14.6. The van der Waals surface area contributed by atoms with Gasteiger partial charge in [0.25, 0.3) is 0 Å². The third-order valence-corrected chi connectivity index (χ3v) is 7.66. The summed E-state index contributed by atoms with van der Waals surface area (Å²) in [7, 11) is 0. The molecule has 1 atom stereocenters. The van der Waals surface area contributed by atoms with Gasteiger partial charge in [0.15, 0.2) is 0 Å². The van der Waals surface area contributed by atoms with E-state index >= 15 is 0 Å². The second kappa shape index (κ2) is 10.1. The molecule has 0 spiro atoms. The van der Waals surface area contributed by atoms with Crippen LogP contribution >= 0.6 is 11.8 Å². The molecule has 1 aliphatic carbocycles. The minimum Gasteiger partial charge on any atom is -0.340 e. The molecule has 0 radical (unpaired) electrons. The van der Waals surface area contributed by atoms with Crippen molar-refractivity contribution in [1.82, 2.24) is 14.7 Å². The molecule has 7 heteroatoms. The lowest BCUT2D eigenvalue weighted by molar-refractivity contribution is -0.139. The van der Waals surface area contributed by atoms with E-state index in [1.807, 2.05) is 47.9 Å². The predicted molar refractivity (Wildman–Crippen MR) is 123 cm³/mol. The molecule has 2 heterocycles. The molecule has 3 fully saturated rings. The van der Waals surface area contributed by atoms with Crippen molar-refractivity contribution >= 4 is 29.4 Å². The molecule has 2 aliphatic heterocycles. The average molecular weight is 431 g/mol. The van der Waals surface area contributed by atoms with Crippen molar-refractivity contribution in [2.45, 2.75) is 38.6 Å². The van der Waals surface area contributed by atoms with Crippen LogP contribution in [0.3, 0.4) is 0 Å². The molecule has 3 aliphatic rings. The average Bonchev–Trinajstić information content (AvgIpc) is 3.31. The number of nitrogens with one attached hydrogen (secondary N) is 1. The van der Waals surface area contributed by atoms with Crippen LogP contribution in [-0.2, 0) is 4.79 Å². The standard InChI is InChI=1S/C23H34N4O2S/c1-18-6-8-20(9-7-18)24-23(29)27-12-10-25(11-13-27)21(19-4-2-3-5-19)22(28)26-14-16-30-17-15-26/h6-9,19,21H,2-5,10-17H2,1H3,(H,24,29)/t21-/m0/s1. The Morgan fingerprint density at radius 2 is 1.57 bits per heavy atom. The molecule has 3 amide bonds. The first kappa shape index (κ1) is 21.5. The van der Waals surface area contributed by atoms with E-state index in [1.165, 1.54) is 18.4 Å². The molecule has 4 rings (SSSR count). The highest BCUT2D eigenvalue weighted by Gasteiger charge is 2.39. The number of amides is 3. The molecule has 1 aromatic rings. The maximum Gasteiger partial charge on any atom is 0.321 e. The first-order valence-electron chi connectivity index (χ1n) is 11.3. The van der Waals surface area contributed by atoms with E-state index < -0.39 is 0 Å². The number of benzene rings is 1.